The van der Waals surface area contributed by atoms with Crippen molar-refractivity contribution >= 4 is 11.9 Å². The predicted octanol–water partition coefficient (Wildman–Crippen LogP) is 1.59. The van der Waals surface area contributed by atoms with Crippen molar-refractivity contribution in [2.75, 3.05) is 33.4 Å². The normalized spacial score (nSPS) is 20.6. The summed E-state index contributed by atoms with van der Waals surface area (Å²) >= 11 is 0. The smallest absolute Gasteiger partial charge is 0.422 e. The summed E-state index contributed by atoms with van der Waals surface area (Å²) in [4.78, 5) is 29.0. The van der Waals surface area contributed by atoms with Crippen molar-refractivity contribution in [1.29, 1.82) is 0 Å². The van der Waals surface area contributed by atoms with E-state index >= 15 is 0 Å². The quantitative estimate of drug-likeness (QED) is 0.827. The average molecular weight is 362 g/mol. The number of halogens is 3. The second kappa shape index (κ2) is 7.26. The van der Waals surface area contributed by atoms with Gasteiger partial charge in [0, 0.05) is 38.0 Å². The Kier molecular flexibility index (Phi) is 5.51. The molecule has 138 valence electrons. The van der Waals surface area contributed by atoms with Crippen molar-refractivity contribution in [2.24, 2.45) is 5.41 Å². The molecule has 1 aliphatic heterocycles. The Hall–Kier alpha value is -2.36. The zero-order valence-corrected chi connectivity index (χ0v) is 13.4. The number of pyridine rings is 1. The van der Waals surface area contributed by atoms with Crippen LogP contribution in [-0.4, -0.2) is 66.5 Å². The van der Waals surface area contributed by atoms with Crippen LogP contribution < -0.4 is 4.74 Å². The summed E-state index contributed by atoms with van der Waals surface area (Å²) in [7, 11) is 1.38. The number of likely N-dealkylation sites (tertiary alicyclic amines) is 1. The number of aliphatic carboxylic acids is 1. The molecule has 0 aromatic carbocycles. The van der Waals surface area contributed by atoms with Crippen molar-refractivity contribution in [1.82, 2.24) is 9.88 Å². The lowest BCUT2D eigenvalue weighted by Gasteiger charge is -2.23. The molecule has 0 bridgehead atoms. The summed E-state index contributed by atoms with van der Waals surface area (Å²) in [5.74, 6) is -1.89. The minimum Gasteiger partial charge on any atom is -0.481 e. The number of carbonyl (C=O) groups is 2. The van der Waals surface area contributed by atoms with E-state index in [0.29, 0.717) is 0 Å². The van der Waals surface area contributed by atoms with E-state index in [1.807, 2.05) is 0 Å². The van der Waals surface area contributed by atoms with Crippen molar-refractivity contribution in [2.45, 2.75) is 12.6 Å². The fourth-order valence-corrected chi connectivity index (χ4v) is 2.64. The molecule has 10 heteroatoms. The van der Waals surface area contributed by atoms with Gasteiger partial charge in [0.05, 0.1) is 6.61 Å². The number of rotatable bonds is 6. The highest BCUT2D eigenvalue weighted by molar-refractivity contribution is 5.95. The number of alkyl halides is 3. The topological polar surface area (TPSA) is 89.0 Å². The Labute approximate surface area is 141 Å². The minimum absolute atomic E-state index is 0.0393. The first-order chi connectivity index (χ1) is 11.7. The molecule has 0 spiro atoms. The van der Waals surface area contributed by atoms with E-state index in [-0.39, 0.29) is 37.6 Å². The maximum Gasteiger partial charge on any atom is 0.422 e. The standard InChI is InChI=1S/C15H17F3N2O5/c1-24-8-14(13(22)23)3-5-20(7-14)12(21)10-2-4-19-11(6-10)25-9-15(16,17)18/h2,4,6H,3,5,7-9H2,1H3,(H,22,23). The number of carboxylic acid groups (broad SMARTS) is 1. The molecular weight excluding hydrogens is 345 g/mol. The third-order valence-corrected chi connectivity index (χ3v) is 3.88. The fraction of sp³-hybridized carbons (Fsp3) is 0.533. The maximum atomic E-state index is 12.5. The number of methoxy groups -OCH3 is 1. The summed E-state index contributed by atoms with van der Waals surface area (Å²) in [5, 5.41) is 9.40. The van der Waals surface area contributed by atoms with Crippen molar-refractivity contribution in [3.63, 3.8) is 0 Å². The van der Waals surface area contributed by atoms with Gasteiger partial charge in [-0.3, -0.25) is 9.59 Å². The van der Waals surface area contributed by atoms with E-state index in [2.05, 4.69) is 9.72 Å². The van der Waals surface area contributed by atoms with E-state index < -0.39 is 30.1 Å². The van der Waals surface area contributed by atoms with E-state index in [1.54, 1.807) is 0 Å². The fourth-order valence-electron chi connectivity index (χ4n) is 2.64. The number of ether oxygens (including phenoxy) is 2. The summed E-state index contributed by atoms with van der Waals surface area (Å²) in [6.07, 6.45) is -3.13. The van der Waals surface area contributed by atoms with Crippen LogP contribution in [0, 0.1) is 5.41 Å². The SMILES string of the molecule is COCC1(C(=O)O)CCN(C(=O)c2ccnc(OCC(F)(F)F)c2)C1. The van der Waals surface area contributed by atoms with Crippen LogP contribution in [0.4, 0.5) is 13.2 Å². The number of carboxylic acids is 1. The lowest BCUT2D eigenvalue weighted by molar-refractivity contribution is -0.154. The molecule has 2 heterocycles. The van der Waals surface area contributed by atoms with Crippen LogP contribution in [0.1, 0.15) is 16.8 Å². The maximum absolute atomic E-state index is 12.5. The van der Waals surface area contributed by atoms with Crippen LogP contribution in [0.25, 0.3) is 0 Å². The summed E-state index contributed by atoms with van der Waals surface area (Å²) in [6.45, 7) is -1.40. The van der Waals surface area contributed by atoms with Gasteiger partial charge < -0.3 is 19.5 Å². The molecule has 0 radical (unpaired) electrons. The van der Waals surface area contributed by atoms with Crippen LogP contribution in [0.2, 0.25) is 0 Å². The number of hydrogen-bond donors (Lipinski definition) is 1. The van der Waals surface area contributed by atoms with E-state index in [9.17, 15) is 27.9 Å². The number of nitrogens with zero attached hydrogens (tertiary/aromatic N) is 2. The summed E-state index contributed by atoms with van der Waals surface area (Å²) < 4.78 is 46.0. The zero-order valence-electron chi connectivity index (χ0n) is 13.4. The van der Waals surface area contributed by atoms with Gasteiger partial charge in [0.25, 0.3) is 5.91 Å². The number of amides is 1. The van der Waals surface area contributed by atoms with Gasteiger partial charge in [-0.15, -0.1) is 0 Å². The Morgan fingerprint density at radius 1 is 1.44 bits per heavy atom. The molecule has 1 saturated heterocycles. The van der Waals surface area contributed by atoms with Crippen LogP contribution in [0.3, 0.4) is 0 Å². The monoisotopic (exact) mass is 362 g/mol. The van der Waals surface area contributed by atoms with Crippen LogP contribution in [-0.2, 0) is 9.53 Å². The number of aromatic nitrogens is 1. The van der Waals surface area contributed by atoms with Crippen molar-refractivity contribution < 1.29 is 37.3 Å². The van der Waals surface area contributed by atoms with Gasteiger partial charge in [-0.05, 0) is 12.5 Å². The van der Waals surface area contributed by atoms with E-state index in [4.69, 9.17) is 4.74 Å². The molecule has 0 saturated carbocycles. The molecule has 1 amide bonds. The summed E-state index contributed by atoms with van der Waals surface area (Å²) in [6, 6.07) is 2.44. The lowest BCUT2D eigenvalue weighted by Crippen LogP contribution is -2.40. The van der Waals surface area contributed by atoms with Gasteiger partial charge in [-0.25, -0.2) is 4.98 Å². The molecule has 1 aromatic rings. The first-order valence-electron chi connectivity index (χ1n) is 7.34. The molecule has 1 fully saturated rings. The molecule has 1 aliphatic rings. The first-order valence-corrected chi connectivity index (χ1v) is 7.34. The third-order valence-electron chi connectivity index (χ3n) is 3.88. The predicted molar refractivity (Wildman–Crippen MR) is 78.3 cm³/mol. The molecule has 25 heavy (non-hydrogen) atoms. The molecule has 7 nitrogen and oxygen atoms in total. The highest BCUT2D eigenvalue weighted by Crippen LogP contribution is 2.32. The minimum atomic E-state index is -4.52. The summed E-state index contributed by atoms with van der Waals surface area (Å²) in [5.41, 5.74) is -1.11. The molecule has 2 rings (SSSR count). The van der Waals surface area contributed by atoms with Crippen LogP contribution in [0.5, 0.6) is 5.88 Å². The molecule has 1 atom stereocenters. The van der Waals surface area contributed by atoms with Crippen molar-refractivity contribution in [3.8, 4) is 5.88 Å². The van der Waals surface area contributed by atoms with Crippen molar-refractivity contribution in [3.05, 3.63) is 23.9 Å². The van der Waals surface area contributed by atoms with Gasteiger partial charge in [-0.2, -0.15) is 13.2 Å². The van der Waals surface area contributed by atoms with Crippen LogP contribution >= 0.6 is 0 Å². The van der Waals surface area contributed by atoms with Gasteiger partial charge in [-0.1, -0.05) is 0 Å². The van der Waals surface area contributed by atoms with Gasteiger partial charge in [0.1, 0.15) is 5.41 Å². The zero-order chi connectivity index (χ0) is 18.7. The second-order valence-electron chi connectivity index (χ2n) is 5.78. The molecule has 1 unspecified atom stereocenters. The van der Waals surface area contributed by atoms with Gasteiger partial charge in [0.2, 0.25) is 5.88 Å². The Balaban J connectivity index is 2.10. The molecular formula is C15H17F3N2O5. The van der Waals surface area contributed by atoms with Gasteiger partial charge >= 0.3 is 12.1 Å². The number of hydrogen-bond acceptors (Lipinski definition) is 5. The average Bonchev–Trinajstić information content (AvgIpc) is 2.98. The van der Waals surface area contributed by atoms with Crippen LogP contribution in [0.15, 0.2) is 18.3 Å². The Bertz CT molecular complexity index is 652. The molecule has 1 N–H and O–H groups in total. The highest BCUT2D eigenvalue weighted by atomic mass is 19.4. The second-order valence-corrected chi connectivity index (χ2v) is 5.78. The Morgan fingerprint density at radius 3 is 2.76 bits per heavy atom. The lowest BCUT2D eigenvalue weighted by atomic mass is 9.88. The molecule has 0 aliphatic carbocycles. The number of carbonyl (C=O) groups excluding carboxylic acids is 1. The molecule has 1 aromatic heterocycles. The highest BCUT2D eigenvalue weighted by Gasteiger charge is 2.46. The van der Waals surface area contributed by atoms with E-state index in [1.165, 1.54) is 18.1 Å². The first kappa shape index (κ1) is 19.0. The van der Waals surface area contributed by atoms with E-state index in [0.717, 1.165) is 12.3 Å². The van der Waals surface area contributed by atoms with Gasteiger partial charge in [0.15, 0.2) is 6.61 Å². The third kappa shape index (κ3) is 4.59. The Morgan fingerprint density at radius 2 is 2.16 bits per heavy atom. The largest absolute Gasteiger partial charge is 0.481 e.